The van der Waals surface area contributed by atoms with E-state index in [1.807, 2.05) is 4.90 Å². The number of ether oxygens (including phenoxy) is 1. The molecule has 1 amide bonds. The van der Waals surface area contributed by atoms with Crippen LogP contribution in [0.5, 0.6) is 0 Å². The summed E-state index contributed by atoms with van der Waals surface area (Å²) >= 11 is 3.20. The molecule has 3 aromatic heterocycles. The molecule has 1 saturated heterocycles. The van der Waals surface area contributed by atoms with Gasteiger partial charge in [0.2, 0.25) is 5.91 Å². The minimum Gasteiger partial charge on any atom is -0.370 e. The highest BCUT2D eigenvalue weighted by atomic mass is 32.2. The molecule has 6 nitrogen and oxygen atoms in total. The van der Waals surface area contributed by atoms with Gasteiger partial charge in [0, 0.05) is 36.2 Å². The normalized spacial score (nSPS) is 18.7. The lowest BCUT2D eigenvalue weighted by molar-refractivity contribution is -0.129. The first-order valence-electron chi connectivity index (χ1n) is 12.3. The van der Waals surface area contributed by atoms with Crippen LogP contribution in [0.25, 0.3) is 20.4 Å². The second kappa shape index (κ2) is 9.36. The summed E-state index contributed by atoms with van der Waals surface area (Å²) in [6.45, 7) is 13.4. The fourth-order valence-corrected chi connectivity index (χ4v) is 7.15. The zero-order valence-corrected chi connectivity index (χ0v) is 22.4. The fraction of sp³-hybridized carbons (Fsp3) is 0.615. The molecule has 0 radical (unpaired) electrons. The lowest BCUT2D eigenvalue weighted by atomic mass is 9.88. The third-order valence-corrected chi connectivity index (χ3v) is 9.13. The number of hydrogen-bond acceptors (Lipinski definition) is 7. The molecular weight excluding hydrogens is 464 g/mol. The van der Waals surface area contributed by atoms with Gasteiger partial charge in [0.15, 0.2) is 0 Å². The van der Waals surface area contributed by atoms with Gasteiger partial charge in [-0.3, -0.25) is 4.79 Å². The molecule has 0 atom stereocenters. The van der Waals surface area contributed by atoms with Crippen LogP contribution >= 0.6 is 23.1 Å². The van der Waals surface area contributed by atoms with Crippen LogP contribution in [0.2, 0.25) is 0 Å². The maximum atomic E-state index is 12.8. The first kappa shape index (κ1) is 23.9. The number of rotatable bonds is 5. The number of thioether (sulfide) groups is 1. The molecule has 0 aromatic carbocycles. The van der Waals surface area contributed by atoms with Gasteiger partial charge in [-0.05, 0) is 50.5 Å². The molecule has 8 heteroatoms. The molecule has 1 fully saturated rings. The van der Waals surface area contributed by atoms with E-state index in [0.717, 1.165) is 69.9 Å². The molecule has 2 aliphatic heterocycles. The summed E-state index contributed by atoms with van der Waals surface area (Å²) in [4.78, 5) is 30.3. The highest BCUT2D eigenvalue weighted by Crippen LogP contribution is 2.43. The van der Waals surface area contributed by atoms with Crippen molar-refractivity contribution >= 4 is 49.4 Å². The zero-order valence-electron chi connectivity index (χ0n) is 20.8. The average molecular weight is 499 g/mol. The van der Waals surface area contributed by atoms with Crippen molar-refractivity contribution in [2.24, 2.45) is 11.8 Å². The summed E-state index contributed by atoms with van der Waals surface area (Å²) in [7, 11) is 0. The van der Waals surface area contributed by atoms with Gasteiger partial charge in [0.25, 0.3) is 0 Å². The Hall–Kier alpha value is -1.77. The lowest BCUT2D eigenvalue weighted by Gasteiger charge is -2.33. The molecule has 0 saturated carbocycles. The van der Waals surface area contributed by atoms with Crippen molar-refractivity contribution in [2.75, 3.05) is 18.8 Å². The quantitative estimate of drug-likeness (QED) is 0.335. The second-order valence-electron chi connectivity index (χ2n) is 10.8. The zero-order chi connectivity index (χ0) is 24.0. The van der Waals surface area contributed by atoms with Crippen LogP contribution in [0.4, 0.5) is 0 Å². The van der Waals surface area contributed by atoms with Gasteiger partial charge in [-0.2, -0.15) is 0 Å². The standard InChI is InChI=1S/C26H34N4O2S2/c1-15(2)10-19-18-12-32-26(4,5)11-17(18)21-22-23(34-24(21)29-19)25(28-14-27-22)33-13-20(31)30-8-6-16(3)7-9-30/h14-16H,6-13H2,1-5H3. The summed E-state index contributed by atoms with van der Waals surface area (Å²) < 4.78 is 7.23. The molecule has 2 aliphatic rings. The molecule has 5 heterocycles. The second-order valence-corrected chi connectivity index (χ2v) is 12.8. The van der Waals surface area contributed by atoms with Crippen molar-refractivity contribution < 1.29 is 9.53 Å². The number of piperidine rings is 1. The number of thiophene rings is 1. The van der Waals surface area contributed by atoms with E-state index >= 15 is 0 Å². The Morgan fingerprint density at radius 1 is 1.26 bits per heavy atom. The van der Waals surface area contributed by atoms with Crippen molar-refractivity contribution in [3.05, 3.63) is 23.1 Å². The molecule has 5 rings (SSSR count). The average Bonchev–Trinajstić information content (AvgIpc) is 3.16. The van der Waals surface area contributed by atoms with Crippen molar-refractivity contribution in [1.82, 2.24) is 19.9 Å². The third-order valence-electron chi connectivity index (χ3n) is 6.95. The van der Waals surface area contributed by atoms with Crippen molar-refractivity contribution in [3.63, 3.8) is 0 Å². The summed E-state index contributed by atoms with van der Waals surface area (Å²) in [5, 5.41) is 2.04. The molecule has 0 unspecified atom stereocenters. The maximum absolute atomic E-state index is 12.8. The Bertz CT molecular complexity index is 1230. The van der Waals surface area contributed by atoms with Crippen LogP contribution in [-0.2, 0) is 29.0 Å². The van der Waals surface area contributed by atoms with Gasteiger partial charge in [0.05, 0.1) is 28.2 Å². The smallest absolute Gasteiger partial charge is 0.232 e. The van der Waals surface area contributed by atoms with Crippen LogP contribution in [-0.4, -0.2) is 50.2 Å². The topological polar surface area (TPSA) is 68.2 Å². The number of amides is 1. The first-order chi connectivity index (χ1) is 16.2. The largest absolute Gasteiger partial charge is 0.370 e. The molecule has 0 aliphatic carbocycles. The molecule has 0 N–H and O–H groups in total. The number of hydrogen-bond donors (Lipinski definition) is 0. The van der Waals surface area contributed by atoms with E-state index < -0.39 is 0 Å². The number of carbonyl (C=O) groups excluding carboxylic acids is 1. The first-order valence-corrected chi connectivity index (χ1v) is 14.1. The molecule has 34 heavy (non-hydrogen) atoms. The van der Waals surface area contributed by atoms with Gasteiger partial charge in [-0.15, -0.1) is 11.3 Å². The molecule has 0 spiro atoms. The lowest BCUT2D eigenvalue weighted by Crippen LogP contribution is -2.38. The van der Waals surface area contributed by atoms with Crippen LogP contribution < -0.4 is 0 Å². The Kier molecular flexibility index (Phi) is 6.59. The van der Waals surface area contributed by atoms with Crippen molar-refractivity contribution in [2.45, 2.75) is 77.5 Å². The predicted octanol–water partition coefficient (Wildman–Crippen LogP) is 5.64. The fourth-order valence-electron chi connectivity index (χ4n) is 4.99. The predicted molar refractivity (Wildman–Crippen MR) is 140 cm³/mol. The highest BCUT2D eigenvalue weighted by molar-refractivity contribution is 8.00. The van der Waals surface area contributed by atoms with Crippen molar-refractivity contribution in [1.29, 1.82) is 0 Å². The van der Waals surface area contributed by atoms with Crippen LogP contribution in [0.1, 0.15) is 64.3 Å². The Labute approximate surface area is 209 Å². The monoisotopic (exact) mass is 498 g/mol. The van der Waals surface area contributed by atoms with E-state index in [-0.39, 0.29) is 11.5 Å². The third kappa shape index (κ3) is 4.69. The van der Waals surface area contributed by atoms with E-state index in [1.54, 1.807) is 17.7 Å². The molecule has 0 bridgehead atoms. The molecule has 3 aromatic rings. The summed E-state index contributed by atoms with van der Waals surface area (Å²) in [5.41, 5.74) is 4.47. The number of nitrogens with zero attached hydrogens (tertiary/aromatic N) is 4. The molecular formula is C26H34N4O2S2. The number of likely N-dealkylation sites (tertiary alicyclic amines) is 1. The van der Waals surface area contributed by atoms with Crippen molar-refractivity contribution in [3.8, 4) is 0 Å². The summed E-state index contributed by atoms with van der Waals surface area (Å²) in [6, 6.07) is 0. The Morgan fingerprint density at radius 3 is 2.76 bits per heavy atom. The van der Waals surface area contributed by atoms with Gasteiger partial charge >= 0.3 is 0 Å². The van der Waals surface area contributed by atoms with Gasteiger partial charge in [-0.1, -0.05) is 32.5 Å². The van der Waals surface area contributed by atoms with Crippen LogP contribution in [0, 0.1) is 11.8 Å². The number of aromatic nitrogens is 3. The minimum atomic E-state index is -0.215. The van der Waals surface area contributed by atoms with Crippen LogP contribution in [0.15, 0.2) is 11.4 Å². The maximum Gasteiger partial charge on any atom is 0.232 e. The Morgan fingerprint density at radius 2 is 2.03 bits per heavy atom. The van der Waals surface area contributed by atoms with E-state index in [9.17, 15) is 4.79 Å². The number of pyridine rings is 1. The van der Waals surface area contributed by atoms with E-state index in [4.69, 9.17) is 14.7 Å². The Balaban J connectivity index is 1.51. The van der Waals surface area contributed by atoms with Crippen LogP contribution in [0.3, 0.4) is 0 Å². The summed E-state index contributed by atoms with van der Waals surface area (Å²) in [5.74, 6) is 1.86. The summed E-state index contributed by atoms with van der Waals surface area (Å²) in [6.07, 6.45) is 5.62. The number of carbonyl (C=O) groups is 1. The van der Waals surface area contributed by atoms with Gasteiger partial charge < -0.3 is 9.64 Å². The van der Waals surface area contributed by atoms with E-state index in [2.05, 4.69) is 39.6 Å². The SMILES string of the molecule is CC(C)Cc1nc2sc3c(SCC(=O)N4CCC(C)CC4)ncnc3c2c2c1COC(C)(C)C2. The molecule has 182 valence electrons. The van der Waals surface area contributed by atoms with E-state index in [1.165, 1.54) is 22.9 Å². The van der Waals surface area contributed by atoms with Gasteiger partial charge in [0.1, 0.15) is 16.2 Å². The minimum absolute atomic E-state index is 0.207. The highest BCUT2D eigenvalue weighted by Gasteiger charge is 2.32. The van der Waals surface area contributed by atoms with Gasteiger partial charge in [-0.25, -0.2) is 15.0 Å². The van der Waals surface area contributed by atoms with E-state index in [0.29, 0.717) is 24.2 Å². The number of fused-ring (bicyclic) bond motifs is 5.